The van der Waals surface area contributed by atoms with E-state index >= 15 is 0 Å². The maximum absolute atomic E-state index is 12.4. The van der Waals surface area contributed by atoms with Crippen molar-refractivity contribution in [3.05, 3.63) is 59.1 Å². The van der Waals surface area contributed by atoms with Crippen LogP contribution in [0.15, 0.2) is 48.1 Å². The topological polar surface area (TPSA) is 78.4 Å². The van der Waals surface area contributed by atoms with Crippen molar-refractivity contribution in [2.75, 3.05) is 26.9 Å². The molecule has 2 rings (SSSR count). The molecule has 0 aliphatic carbocycles. The highest BCUT2D eigenvalue weighted by Crippen LogP contribution is 2.36. The van der Waals surface area contributed by atoms with Crippen LogP contribution in [-0.2, 0) is 0 Å². The van der Waals surface area contributed by atoms with Crippen LogP contribution in [0.4, 0.5) is 0 Å². The number of hydrogen-bond donors (Lipinski definition) is 1. The van der Waals surface area contributed by atoms with Crippen LogP contribution in [0.1, 0.15) is 36.2 Å². The van der Waals surface area contributed by atoms with Gasteiger partial charge in [0.2, 0.25) is 0 Å². The first kappa shape index (κ1) is 24.1. The molecule has 1 N–H and O–H groups in total. The molecule has 8 heteroatoms. The Hall–Kier alpha value is -3.19. The van der Waals surface area contributed by atoms with Crippen molar-refractivity contribution in [2.24, 2.45) is 5.10 Å². The summed E-state index contributed by atoms with van der Waals surface area (Å²) >= 11 is 6.34. The summed E-state index contributed by atoms with van der Waals surface area (Å²) in [6.45, 7) is 8.82. The number of halogens is 1. The SMILES string of the molecule is C=CCOc1ccc(C(=O)N/N=C/c2cc(Cl)c(OCCC)c(OCC)c2)cc1OC. The highest BCUT2D eigenvalue weighted by Gasteiger charge is 2.13. The van der Waals surface area contributed by atoms with Crippen LogP contribution in [0.25, 0.3) is 0 Å². The summed E-state index contributed by atoms with van der Waals surface area (Å²) in [5, 5.41) is 4.42. The van der Waals surface area contributed by atoms with Crippen LogP contribution >= 0.6 is 11.6 Å². The number of amides is 1. The molecule has 0 bridgehead atoms. The van der Waals surface area contributed by atoms with Gasteiger partial charge in [-0.25, -0.2) is 5.43 Å². The number of hydrazone groups is 1. The number of nitrogens with one attached hydrogen (secondary N) is 1. The zero-order chi connectivity index (χ0) is 22.6. The molecular weight excluding hydrogens is 420 g/mol. The summed E-state index contributed by atoms with van der Waals surface area (Å²) in [4.78, 5) is 12.4. The zero-order valence-electron chi connectivity index (χ0n) is 17.9. The molecule has 2 aromatic rings. The van der Waals surface area contributed by atoms with E-state index in [1.165, 1.54) is 13.3 Å². The van der Waals surface area contributed by atoms with Gasteiger partial charge in [0, 0.05) is 5.56 Å². The summed E-state index contributed by atoms with van der Waals surface area (Å²) in [5.41, 5.74) is 3.51. The molecule has 0 unspecified atom stereocenters. The van der Waals surface area contributed by atoms with E-state index in [0.29, 0.717) is 59.0 Å². The predicted molar refractivity (Wildman–Crippen MR) is 122 cm³/mol. The average Bonchev–Trinajstić information content (AvgIpc) is 2.77. The molecule has 2 aromatic carbocycles. The maximum Gasteiger partial charge on any atom is 0.271 e. The Morgan fingerprint density at radius 3 is 2.61 bits per heavy atom. The molecule has 0 spiro atoms. The van der Waals surface area contributed by atoms with Gasteiger partial charge >= 0.3 is 0 Å². The molecule has 0 radical (unpaired) electrons. The molecule has 0 aromatic heterocycles. The van der Waals surface area contributed by atoms with Gasteiger partial charge in [-0.1, -0.05) is 31.2 Å². The average molecular weight is 447 g/mol. The third-order valence-corrected chi connectivity index (χ3v) is 4.23. The number of methoxy groups -OCH3 is 1. The van der Waals surface area contributed by atoms with Crippen LogP contribution in [0, 0.1) is 0 Å². The standard InChI is InChI=1S/C23H27ClN2O5/c1-5-10-30-19-9-8-17(14-20(19)28-4)23(27)26-25-15-16-12-18(24)22(31-11-6-2)21(13-16)29-7-3/h5,8-9,12-15H,1,6-7,10-11H2,2-4H3,(H,26,27)/b25-15+. The van der Waals surface area contributed by atoms with E-state index in [2.05, 4.69) is 17.1 Å². The van der Waals surface area contributed by atoms with Gasteiger partial charge in [-0.3, -0.25) is 4.79 Å². The van der Waals surface area contributed by atoms with Crippen LogP contribution < -0.4 is 24.4 Å². The summed E-state index contributed by atoms with van der Waals surface area (Å²) in [6.07, 6.45) is 3.96. The van der Waals surface area contributed by atoms with E-state index in [-0.39, 0.29) is 0 Å². The summed E-state index contributed by atoms with van der Waals surface area (Å²) < 4.78 is 22.1. The second-order valence-electron chi connectivity index (χ2n) is 6.28. The molecule has 0 aliphatic rings. The number of rotatable bonds is 12. The highest BCUT2D eigenvalue weighted by atomic mass is 35.5. The van der Waals surface area contributed by atoms with Crippen molar-refractivity contribution in [1.82, 2.24) is 5.43 Å². The van der Waals surface area contributed by atoms with E-state index < -0.39 is 5.91 Å². The van der Waals surface area contributed by atoms with Crippen molar-refractivity contribution < 1.29 is 23.7 Å². The zero-order valence-corrected chi connectivity index (χ0v) is 18.7. The van der Waals surface area contributed by atoms with E-state index in [1.807, 2.05) is 13.8 Å². The summed E-state index contributed by atoms with van der Waals surface area (Å²) in [7, 11) is 1.50. The Balaban J connectivity index is 2.12. The maximum atomic E-state index is 12.4. The Bertz CT molecular complexity index is 930. The van der Waals surface area contributed by atoms with Crippen LogP contribution in [-0.4, -0.2) is 39.1 Å². The van der Waals surface area contributed by atoms with E-state index in [9.17, 15) is 4.79 Å². The molecule has 166 valence electrons. The molecule has 0 atom stereocenters. The van der Waals surface area contributed by atoms with E-state index in [1.54, 1.807) is 36.4 Å². The van der Waals surface area contributed by atoms with Gasteiger partial charge in [0.1, 0.15) is 6.61 Å². The molecule has 7 nitrogen and oxygen atoms in total. The van der Waals surface area contributed by atoms with Gasteiger partial charge in [-0.15, -0.1) is 0 Å². The number of benzene rings is 2. The van der Waals surface area contributed by atoms with Gasteiger partial charge in [-0.2, -0.15) is 5.10 Å². The van der Waals surface area contributed by atoms with Gasteiger partial charge in [0.15, 0.2) is 23.0 Å². The van der Waals surface area contributed by atoms with Crippen molar-refractivity contribution in [3.8, 4) is 23.0 Å². The van der Waals surface area contributed by atoms with Gasteiger partial charge in [-0.05, 0) is 49.2 Å². The van der Waals surface area contributed by atoms with Crippen molar-refractivity contribution in [3.63, 3.8) is 0 Å². The van der Waals surface area contributed by atoms with Gasteiger partial charge in [0.25, 0.3) is 5.91 Å². The lowest BCUT2D eigenvalue weighted by Crippen LogP contribution is -2.17. The molecule has 0 heterocycles. The predicted octanol–water partition coefficient (Wildman–Crippen LogP) is 4.86. The largest absolute Gasteiger partial charge is 0.493 e. The highest BCUT2D eigenvalue weighted by molar-refractivity contribution is 6.32. The number of ether oxygens (including phenoxy) is 4. The molecular formula is C23H27ClN2O5. The third-order valence-electron chi connectivity index (χ3n) is 3.94. The lowest BCUT2D eigenvalue weighted by molar-refractivity contribution is 0.0954. The van der Waals surface area contributed by atoms with E-state index in [0.717, 1.165) is 6.42 Å². The number of nitrogens with zero attached hydrogens (tertiary/aromatic N) is 1. The smallest absolute Gasteiger partial charge is 0.271 e. The van der Waals surface area contributed by atoms with Crippen LogP contribution in [0.3, 0.4) is 0 Å². The fourth-order valence-corrected chi connectivity index (χ4v) is 2.85. The quantitative estimate of drug-likeness (QED) is 0.286. The summed E-state index contributed by atoms with van der Waals surface area (Å²) in [6, 6.07) is 8.30. The minimum Gasteiger partial charge on any atom is -0.493 e. The monoisotopic (exact) mass is 446 g/mol. The Morgan fingerprint density at radius 2 is 1.94 bits per heavy atom. The molecule has 0 fully saturated rings. The number of carbonyl (C=O) groups excluding carboxylic acids is 1. The first-order valence-corrected chi connectivity index (χ1v) is 10.3. The first-order chi connectivity index (χ1) is 15.0. The Morgan fingerprint density at radius 1 is 1.13 bits per heavy atom. The third kappa shape index (κ3) is 6.93. The van der Waals surface area contributed by atoms with E-state index in [4.69, 9.17) is 30.5 Å². The minimum absolute atomic E-state index is 0.334. The second kappa shape index (κ2) is 12.5. The minimum atomic E-state index is -0.399. The lowest BCUT2D eigenvalue weighted by Gasteiger charge is -2.13. The normalized spacial score (nSPS) is 10.6. The molecule has 0 saturated heterocycles. The molecule has 31 heavy (non-hydrogen) atoms. The fraction of sp³-hybridized carbons (Fsp3) is 0.304. The molecule has 0 aliphatic heterocycles. The first-order valence-electron chi connectivity index (χ1n) is 9.88. The van der Waals surface area contributed by atoms with Crippen LogP contribution in [0.5, 0.6) is 23.0 Å². The van der Waals surface area contributed by atoms with Crippen molar-refractivity contribution in [2.45, 2.75) is 20.3 Å². The fourth-order valence-electron chi connectivity index (χ4n) is 2.58. The summed E-state index contributed by atoms with van der Waals surface area (Å²) in [5.74, 6) is 1.58. The van der Waals surface area contributed by atoms with Gasteiger partial charge < -0.3 is 18.9 Å². The van der Waals surface area contributed by atoms with Crippen LogP contribution in [0.2, 0.25) is 5.02 Å². The number of carbonyl (C=O) groups is 1. The second-order valence-corrected chi connectivity index (χ2v) is 6.68. The number of hydrogen-bond acceptors (Lipinski definition) is 6. The van der Waals surface area contributed by atoms with Gasteiger partial charge in [0.05, 0.1) is 31.6 Å². The molecule has 1 amide bonds. The van der Waals surface area contributed by atoms with Crippen molar-refractivity contribution >= 4 is 23.7 Å². The molecule has 0 saturated carbocycles. The Labute approximate surface area is 187 Å². The Kier molecular flexibility index (Phi) is 9.71. The lowest BCUT2D eigenvalue weighted by atomic mass is 10.2. The van der Waals surface area contributed by atoms with Crippen molar-refractivity contribution in [1.29, 1.82) is 0 Å².